The number of rotatable bonds is 9. The first-order valence-electron chi connectivity index (χ1n) is 14.9. The highest BCUT2D eigenvalue weighted by atomic mass is 19.1. The van der Waals surface area contributed by atoms with E-state index < -0.39 is 17.4 Å². The van der Waals surface area contributed by atoms with Gasteiger partial charge < -0.3 is 23.5 Å². The minimum Gasteiger partial charge on any atom is -0.465 e. The molecule has 0 bridgehead atoms. The number of hydrogen-bond donors (Lipinski definition) is 0. The molecule has 8 heteroatoms. The van der Waals surface area contributed by atoms with E-state index in [2.05, 4.69) is 4.57 Å². The van der Waals surface area contributed by atoms with E-state index in [1.165, 1.54) is 19.2 Å². The van der Waals surface area contributed by atoms with Crippen molar-refractivity contribution in [2.24, 2.45) is 0 Å². The van der Waals surface area contributed by atoms with Gasteiger partial charge >= 0.3 is 11.9 Å². The molecule has 4 rings (SSSR count). The molecule has 7 nitrogen and oxygen atoms in total. The molecule has 0 unspecified atom stereocenters. The largest absolute Gasteiger partial charge is 0.465 e. The quantitative estimate of drug-likeness (QED) is 0.235. The van der Waals surface area contributed by atoms with Crippen molar-refractivity contribution in [3.05, 3.63) is 71.7 Å². The van der Waals surface area contributed by atoms with Gasteiger partial charge in [0.1, 0.15) is 11.4 Å². The van der Waals surface area contributed by atoms with Gasteiger partial charge in [0.15, 0.2) is 5.79 Å². The second-order valence-electron chi connectivity index (χ2n) is 12.8. The third-order valence-electron chi connectivity index (χ3n) is 7.34. The van der Waals surface area contributed by atoms with Crippen molar-refractivity contribution in [1.82, 2.24) is 4.57 Å². The number of hydrogen-bond acceptors (Lipinski definition) is 6. The molecule has 43 heavy (non-hydrogen) atoms. The average Bonchev–Trinajstić information content (AvgIpc) is 3.26. The van der Waals surface area contributed by atoms with Gasteiger partial charge in [0, 0.05) is 24.2 Å². The van der Waals surface area contributed by atoms with Crippen LogP contribution in [0.3, 0.4) is 0 Å². The van der Waals surface area contributed by atoms with Crippen molar-refractivity contribution in [3.63, 3.8) is 0 Å². The summed E-state index contributed by atoms with van der Waals surface area (Å²) in [6.07, 6.45) is 0.658. The fraction of sp³-hybridized carbons (Fsp3) is 0.486. The fourth-order valence-corrected chi connectivity index (χ4v) is 5.94. The van der Waals surface area contributed by atoms with Crippen molar-refractivity contribution in [1.29, 1.82) is 0 Å². The van der Waals surface area contributed by atoms with Gasteiger partial charge in [0.2, 0.25) is 0 Å². The third-order valence-corrected chi connectivity index (χ3v) is 7.34. The normalized spacial score (nSPS) is 18.5. The Balaban J connectivity index is 1.77. The number of ether oxygens (including phenoxy) is 4. The summed E-state index contributed by atoms with van der Waals surface area (Å²) in [6.45, 7) is 13.8. The molecular weight excluding hydrogens is 549 g/mol. The summed E-state index contributed by atoms with van der Waals surface area (Å²) in [6, 6.07) is 16.1. The van der Waals surface area contributed by atoms with Crippen molar-refractivity contribution in [3.8, 4) is 22.4 Å². The molecule has 0 spiro atoms. The summed E-state index contributed by atoms with van der Waals surface area (Å²) in [5, 5.41) is 0. The number of halogens is 1. The summed E-state index contributed by atoms with van der Waals surface area (Å²) in [5.41, 5.74) is 3.96. The predicted molar refractivity (Wildman–Crippen MR) is 164 cm³/mol. The van der Waals surface area contributed by atoms with Gasteiger partial charge in [-0.1, -0.05) is 44.2 Å². The highest BCUT2D eigenvalue weighted by Gasteiger charge is 2.38. The van der Waals surface area contributed by atoms with Crippen LogP contribution in [-0.2, 0) is 30.3 Å². The van der Waals surface area contributed by atoms with Gasteiger partial charge in [0.05, 0.1) is 37.0 Å². The average molecular weight is 594 g/mol. The van der Waals surface area contributed by atoms with Gasteiger partial charge in [0.25, 0.3) is 0 Å². The molecule has 1 aliphatic heterocycles. The number of nitrogens with zero attached hydrogens (tertiary/aromatic N) is 1. The molecule has 1 aromatic heterocycles. The zero-order valence-corrected chi connectivity index (χ0v) is 26.5. The standard InChI is InChI=1S/C35H44FNO6/c1-22(2)31-30(33(39)40-8)29(23-12-10-9-11-13-23)32(24-14-16-25(36)17-15-24)37(31)19-18-26-20-27(42-35(6,7)41-26)21-28(38)43-34(3,4)5/h9-17,22,26-27H,18-21H2,1-8H3/t26-,27-/m1/s1. The highest BCUT2D eigenvalue weighted by molar-refractivity contribution is 6.04. The molecule has 2 aromatic carbocycles. The second kappa shape index (κ2) is 13.0. The molecule has 0 N–H and O–H groups in total. The van der Waals surface area contributed by atoms with Crippen LogP contribution in [0.1, 0.15) is 89.7 Å². The molecule has 2 heterocycles. The number of benzene rings is 2. The summed E-state index contributed by atoms with van der Waals surface area (Å²) in [7, 11) is 1.39. The maximum Gasteiger partial charge on any atom is 0.340 e. The Kier molecular flexibility index (Phi) is 9.82. The molecular formula is C35H44FNO6. The van der Waals surface area contributed by atoms with Crippen molar-refractivity contribution < 1.29 is 32.9 Å². The highest BCUT2D eigenvalue weighted by Crippen LogP contribution is 2.43. The Morgan fingerprint density at radius 1 is 1.00 bits per heavy atom. The van der Waals surface area contributed by atoms with Crippen LogP contribution in [0.2, 0.25) is 0 Å². The molecule has 0 saturated carbocycles. The fourth-order valence-electron chi connectivity index (χ4n) is 5.94. The summed E-state index contributed by atoms with van der Waals surface area (Å²) >= 11 is 0. The molecule has 0 radical (unpaired) electrons. The Bertz CT molecular complexity index is 1420. The molecule has 0 aliphatic carbocycles. The van der Waals surface area contributed by atoms with Crippen LogP contribution in [0, 0.1) is 5.82 Å². The molecule has 1 saturated heterocycles. The molecule has 232 valence electrons. The van der Waals surface area contributed by atoms with E-state index in [9.17, 15) is 14.0 Å². The summed E-state index contributed by atoms with van der Waals surface area (Å²) in [5.74, 6) is -1.99. The Morgan fingerprint density at radius 3 is 2.21 bits per heavy atom. The van der Waals surface area contributed by atoms with Gasteiger partial charge in [-0.15, -0.1) is 0 Å². The lowest BCUT2D eigenvalue weighted by molar-refractivity contribution is -0.301. The van der Waals surface area contributed by atoms with Crippen molar-refractivity contribution in [2.45, 2.75) is 104 Å². The Morgan fingerprint density at radius 2 is 1.63 bits per heavy atom. The van der Waals surface area contributed by atoms with E-state index in [-0.39, 0.29) is 36.3 Å². The van der Waals surface area contributed by atoms with Crippen LogP contribution in [0.25, 0.3) is 22.4 Å². The van der Waals surface area contributed by atoms with Crippen LogP contribution in [-0.4, -0.2) is 47.2 Å². The van der Waals surface area contributed by atoms with E-state index in [0.717, 1.165) is 28.1 Å². The van der Waals surface area contributed by atoms with Gasteiger partial charge in [-0.3, -0.25) is 4.79 Å². The van der Waals surface area contributed by atoms with Crippen LogP contribution >= 0.6 is 0 Å². The van der Waals surface area contributed by atoms with Gasteiger partial charge in [-0.2, -0.15) is 0 Å². The first-order valence-corrected chi connectivity index (χ1v) is 14.9. The van der Waals surface area contributed by atoms with E-state index in [1.807, 2.05) is 78.8 Å². The molecule has 0 amide bonds. The first kappa shape index (κ1) is 32.4. The van der Waals surface area contributed by atoms with Crippen molar-refractivity contribution >= 4 is 11.9 Å². The number of carbonyl (C=O) groups excluding carboxylic acids is 2. The monoisotopic (exact) mass is 593 g/mol. The maximum atomic E-state index is 14.1. The SMILES string of the molecule is COC(=O)c1c(-c2ccccc2)c(-c2ccc(F)cc2)n(CC[C@@H]2C[C@H](CC(=O)OC(C)(C)C)OC(C)(C)O2)c1C(C)C. The molecule has 1 fully saturated rings. The Hall–Kier alpha value is -3.49. The predicted octanol–water partition coefficient (Wildman–Crippen LogP) is 7.90. The number of carbonyl (C=O) groups is 2. The zero-order valence-electron chi connectivity index (χ0n) is 26.5. The lowest BCUT2D eigenvalue weighted by Crippen LogP contribution is -2.46. The van der Waals surface area contributed by atoms with Crippen LogP contribution in [0.15, 0.2) is 54.6 Å². The zero-order chi connectivity index (χ0) is 31.5. The molecule has 1 aliphatic rings. The first-order chi connectivity index (χ1) is 20.2. The smallest absolute Gasteiger partial charge is 0.340 e. The lowest BCUT2D eigenvalue weighted by Gasteiger charge is -2.41. The topological polar surface area (TPSA) is 76.0 Å². The number of aromatic nitrogens is 1. The van der Waals surface area contributed by atoms with Crippen LogP contribution in [0.4, 0.5) is 4.39 Å². The molecule has 2 atom stereocenters. The summed E-state index contributed by atoms with van der Waals surface area (Å²) < 4.78 is 39.5. The Labute approximate surface area is 254 Å². The van der Waals surface area contributed by atoms with Crippen LogP contribution in [0.5, 0.6) is 0 Å². The van der Waals surface area contributed by atoms with Gasteiger partial charge in [-0.05, 0) is 82.3 Å². The lowest BCUT2D eigenvalue weighted by atomic mass is 9.95. The number of esters is 2. The minimum absolute atomic E-state index is 0.0299. The van der Waals surface area contributed by atoms with E-state index in [1.54, 1.807) is 12.1 Å². The van der Waals surface area contributed by atoms with E-state index in [4.69, 9.17) is 18.9 Å². The molecule has 3 aromatic rings. The second-order valence-corrected chi connectivity index (χ2v) is 12.8. The van der Waals surface area contributed by atoms with E-state index >= 15 is 0 Å². The van der Waals surface area contributed by atoms with Crippen LogP contribution < -0.4 is 0 Å². The van der Waals surface area contributed by atoms with Gasteiger partial charge in [-0.25, -0.2) is 9.18 Å². The van der Waals surface area contributed by atoms with E-state index in [0.29, 0.717) is 24.9 Å². The third kappa shape index (κ3) is 7.92. The maximum absolute atomic E-state index is 14.1. The van der Waals surface area contributed by atoms with Crippen molar-refractivity contribution in [2.75, 3.05) is 7.11 Å². The minimum atomic E-state index is -0.890. The summed E-state index contributed by atoms with van der Waals surface area (Å²) in [4.78, 5) is 26.1. The number of methoxy groups -OCH3 is 1.